The Bertz CT molecular complexity index is 724. The molecule has 0 saturated carbocycles. The molecular weight excluding hydrogens is 477 g/mol. The molecule has 0 aliphatic heterocycles. The molecule has 0 spiro atoms. The number of anilines is 1. The Morgan fingerprint density at radius 3 is 2.69 bits per heavy atom. The quantitative estimate of drug-likeness (QED) is 0.184. The molecule has 7 heteroatoms. The summed E-state index contributed by atoms with van der Waals surface area (Å²) in [5.74, 6) is 2.74. The third-order valence-electron chi connectivity index (χ3n) is 4.35. The van der Waals surface area contributed by atoms with Crippen LogP contribution in [0.25, 0.3) is 0 Å². The molecule has 29 heavy (non-hydrogen) atoms. The molecule has 0 fully saturated rings. The van der Waals surface area contributed by atoms with E-state index in [0.717, 1.165) is 68.5 Å². The number of hydrogen-bond acceptors (Lipinski definition) is 4. The lowest BCUT2D eigenvalue weighted by Gasteiger charge is -2.12. The Labute approximate surface area is 192 Å². The number of nitrogens with one attached hydrogen (secondary N) is 3. The number of aryl methyl sites for hydroxylation is 1. The van der Waals surface area contributed by atoms with E-state index in [-0.39, 0.29) is 24.0 Å². The van der Waals surface area contributed by atoms with Gasteiger partial charge in [0.1, 0.15) is 11.6 Å². The maximum absolute atomic E-state index is 5.40. The first-order valence-corrected chi connectivity index (χ1v) is 10.0. The van der Waals surface area contributed by atoms with E-state index in [4.69, 9.17) is 4.74 Å². The topological polar surface area (TPSA) is 70.6 Å². The molecular formula is C22H34IN5O. The Kier molecular flexibility index (Phi) is 12.8. The molecule has 6 nitrogen and oxygen atoms in total. The molecule has 2 rings (SSSR count). The number of methoxy groups -OCH3 is 1. The van der Waals surface area contributed by atoms with Crippen LogP contribution in [0.1, 0.15) is 30.9 Å². The number of aliphatic imine (C=N–C) groups is 1. The molecule has 0 amide bonds. The van der Waals surface area contributed by atoms with Crippen molar-refractivity contribution in [2.24, 2.45) is 4.99 Å². The highest BCUT2D eigenvalue weighted by Crippen LogP contribution is 2.18. The minimum atomic E-state index is 0. The zero-order valence-corrected chi connectivity index (χ0v) is 20.0. The first-order valence-electron chi connectivity index (χ1n) is 10.0. The van der Waals surface area contributed by atoms with Crippen LogP contribution < -0.4 is 20.7 Å². The highest BCUT2D eigenvalue weighted by Gasteiger charge is 2.02. The molecule has 160 valence electrons. The van der Waals surface area contributed by atoms with Crippen LogP contribution >= 0.6 is 24.0 Å². The summed E-state index contributed by atoms with van der Waals surface area (Å²) in [5.41, 5.74) is 2.41. The molecule has 0 unspecified atom stereocenters. The molecule has 0 saturated heterocycles. The first kappa shape index (κ1) is 25.0. The van der Waals surface area contributed by atoms with Crippen LogP contribution in [0.5, 0.6) is 5.75 Å². The summed E-state index contributed by atoms with van der Waals surface area (Å²) in [6.45, 7) is 7.54. The summed E-state index contributed by atoms with van der Waals surface area (Å²) < 4.78 is 5.40. The average Bonchev–Trinajstić information content (AvgIpc) is 2.72. The van der Waals surface area contributed by atoms with Crippen LogP contribution in [0.3, 0.4) is 0 Å². The number of aromatic nitrogens is 1. The lowest BCUT2D eigenvalue weighted by atomic mass is 10.1. The van der Waals surface area contributed by atoms with Crippen LogP contribution in [-0.2, 0) is 6.42 Å². The summed E-state index contributed by atoms with van der Waals surface area (Å²) in [7, 11) is 1.71. The Morgan fingerprint density at radius 2 is 1.97 bits per heavy atom. The van der Waals surface area contributed by atoms with Gasteiger partial charge in [-0.25, -0.2) is 4.98 Å². The van der Waals surface area contributed by atoms with Gasteiger partial charge < -0.3 is 20.7 Å². The van der Waals surface area contributed by atoms with Crippen LogP contribution in [0, 0.1) is 6.92 Å². The molecule has 3 N–H and O–H groups in total. The van der Waals surface area contributed by atoms with Gasteiger partial charge in [0.05, 0.1) is 7.11 Å². The summed E-state index contributed by atoms with van der Waals surface area (Å²) in [6, 6.07) is 12.3. The van der Waals surface area contributed by atoms with Gasteiger partial charge in [-0.1, -0.05) is 18.2 Å². The minimum absolute atomic E-state index is 0. The molecule has 1 aromatic carbocycles. The summed E-state index contributed by atoms with van der Waals surface area (Å²) in [5, 5.41) is 10.0. The number of benzene rings is 1. The van der Waals surface area contributed by atoms with Crippen molar-refractivity contribution in [3.8, 4) is 5.75 Å². The monoisotopic (exact) mass is 511 g/mol. The number of halogens is 1. The Morgan fingerprint density at radius 1 is 1.10 bits per heavy atom. The summed E-state index contributed by atoms with van der Waals surface area (Å²) >= 11 is 0. The van der Waals surface area contributed by atoms with Gasteiger partial charge in [0.15, 0.2) is 5.96 Å². The third-order valence-corrected chi connectivity index (χ3v) is 4.35. The second-order valence-corrected chi connectivity index (χ2v) is 6.59. The highest BCUT2D eigenvalue weighted by molar-refractivity contribution is 14.0. The standard InChI is InChI=1S/C22H33N5O.HI/c1-4-23-22(26-15-8-7-14-25-21-9-5-6-13-24-21)27-16-12-19-11-10-18(2)20(17-19)28-3;/h5-6,9-11,13,17H,4,7-8,12,14-16H2,1-3H3,(H,24,25)(H2,23,26,27);1H. The van der Waals surface area contributed by atoms with Gasteiger partial charge in [-0.2, -0.15) is 0 Å². The van der Waals surface area contributed by atoms with Gasteiger partial charge in [0.25, 0.3) is 0 Å². The average molecular weight is 511 g/mol. The van der Waals surface area contributed by atoms with E-state index in [2.05, 4.69) is 58.0 Å². The molecule has 0 aliphatic rings. The van der Waals surface area contributed by atoms with E-state index in [1.54, 1.807) is 13.3 Å². The lowest BCUT2D eigenvalue weighted by Crippen LogP contribution is -2.38. The fourth-order valence-electron chi connectivity index (χ4n) is 2.80. The van der Waals surface area contributed by atoms with E-state index >= 15 is 0 Å². The van der Waals surface area contributed by atoms with E-state index < -0.39 is 0 Å². The maximum Gasteiger partial charge on any atom is 0.191 e. The Balaban J connectivity index is 0.00000420. The van der Waals surface area contributed by atoms with Crippen molar-refractivity contribution in [1.29, 1.82) is 0 Å². The highest BCUT2D eigenvalue weighted by atomic mass is 127. The van der Waals surface area contributed by atoms with Crippen molar-refractivity contribution in [1.82, 2.24) is 15.6 Å². The zero-order valence-electron chi connectivity index (χ0n) is 17.7. The van der Waals surface area contributed by atoms with Crippen LogP contribution in [0.2, 0.25) is 0 Å². The number of hydrogen-bond donors (Lipinski definition) is 3. The zero-order chi connectivity index (χ0) is 20.0. The van der Waals surface area contributed by atoms with Crippen molar-refractivity contribution >= 4 is 35.8 Å². The number of unbranched alkanes of at least 4 members (excludes halogenated alkanes) is 1. The Hall–Kier alpha value is -2.03. The van der Waals surface area contributed by atoms with E-state index in [1.807, 2.05) is 18.2 Å². The van der Waals surface area contributed by atoms with E-state index in [9.17, 15) is 0 Å². The molecule has 2 aromatic rings. The molecule has 1 heterocycles. The number of ether oxygens (including phenoxy) is 1. The van der Waals surface area contributed by atoms with Crippen molar-refractivity contribution in [2.45, 2.75) is 33.1 Å². The second kappa shape index (κ2) is 14.9. The molecule has 1 aromatic heterocycles. The van der Waals surface area contributed by atoms with Crippen molar-refractivity contribution in [3.63, 3.8) is 0 Å². The van der Waals surface area contributed by atoms with Crippen molar-refractivity contribution in [2.75, 3.05) is 38.6 Å². The van der Waals surface area contributed by atoms with Crippen molar-refractivity contribution in [3.05, 3.63) is 53.7 Å². The van der Waals surface area contributed by atoms with Gasteiger partial charge in [-0.15, -0.1) is 24.0 Å². The van der Waals surface area contributed by atoms with Crippen molar-refractivity contribution < 1.29 is 4.74 Å². The lowest BCUT2D eigenvalue weighted by molar-refractivity contribution is 0.411. The second-order valence-electron chi connectivity index (χ2n) is 6.59. The van der Waals surface area contributed by atoms with Gasteiger partial charge in [0.2, 0.25) is 0 Å². The van der Waals surface area contributed by atoms with Gasteiger partial charge in [-0.3, -0.25) is 4.99 Å². The normalized spacial score (nSPS) is 10.8. The molecule has 0 bridgehead atoms. The SMILES string of the molecule is CCNC(=NCCCCNc1ccccn1)NCCc1ccc(C)c(OC)c1.I. The molecule has 0 radical (unpaired) electrons. The largest absolute Gasteiger partial charge is 0.496 e. The van der Waals surface area contributed by atoms with Gasteiger partial charge in [0, 0.05) is 32.4 Å². The predicted octanol–water partition coefficient (Wildman–Crippen LogP) is 4.01. The smallest absolute Gasteiger partial charge is 0.191 e. The number of pyridine rings is 1. The first-order chi connectivity index (χ1) is 13.7. The third kappa shape index (κ3) is 9.83. The van der Waals surface area contributed by atoms with Crippen LogP contribution in [0.4, 0.5) is 5.82 Å². The fraction of sp³-hybridized carbons (Fsp3) is 0.455. The summed E-state index contributed by atoms with van der Waals surface area (Å²) in [4.78, 5) is 8.92. The summed E-state index contributed by atoms with van der Waals surface area (Å²) in [6.07, 6.45) is 4.82. The predicted molar refractivity (Wildman–Crippen MR) is 133 cm³/mol. The van der Waals surface area contributed by atoms with Crippen LogP contribution in [0.15, 0.2) is 47.6 Å². The van der Waals surface area contributed by atoms with E-state index in [0.29, 0.717) is 0 Å². The van der Waals surface area contributed by atoms with Crippen LogP contribution in [-0.4, -0.2) is 44.2 Å². The van der Waals surface area contributed by atoms with Gasteiger partial charge in [-0.05, 0) is 62.4 Å². The number of nitrogens with zero attached hydrogens (tertiary/aromatic N) is 2. The number of rotatable bonds is 11. The fourth-order valence-corrected chi connectivity index (χ4v) is 2.80. The van der Waals surface area contributed by atoms with E-state index in [1.165, 1.54) is 5.56 Å². The van der Waals surface area contributed by atoms with Gasteiger partial charge >= 0.3 is 0 Å². The molecule has 0 atom stereocenters. The maximum atomic E-state index is 5.40. The minimum Gasteiger partial charge on any atom is -0.496 e. The molecule has 0 aliphatic carbocycles. The number of guanidine groups is 1.